The molecule has 2 saturated heterocycles. The molecule has 0 aliphatic carbocycles. The van der Waals surface area contributed by atoms with Crippen LogP contribution in [-0.2, 0) is 18.9 Å². The lowest BCUT2D eigenvalue weighted by molar-refractivity contribution is -0.209. The molecular weight excluding hydrogens is 222 g/mol. The van der Waals surface area contributed by atoms with Crippen LogP contribution in [0.4, 0.5) is 0 Å². The van der Waals surface area contributed by atoms with Crippen LogP contribution < -0.4 is 5.32 Å². The van der Waals surface area contributed by atoms with Crippen molar-refractivity contribution in [3.05, 3.63) is 0 Å². The molecule has 2 unspecified atom stereocenters. The van der Waals surface area contributed by atoms with Crippen molar-refractivity contribution in [2.75, 3.05) is 26.4 Å². The van der Waals surface area contributed by atoms with Gasteiger partial charge in [-0.25, -0.2) is 0 Å². The highest BCUT2D eigenvalue weighted by atomic mass is 16.7. The van der Waals surface area contributed by atoms with Crippen LogP contribution in [0.1, 0.15) is 26.7 Å². The summed E-state index contributed by atoms with van der Waals surface area (Å²) >= 11 is 0. The van der Waals surface area contributed by atoms with Gasteiger partial charge in [0.05, 0.1) is 38.5 Å². The number of nitrogens with one attached hydrogen (secondary N) is 1. The Morgan fingerprint density at radius 2 is 1.12 bits per heavy atom. The van der Waals surface area contributed by atoms with Gasteiger partial charge in [0.2, 0.25) is 0 Å². The highest BCUT2D eigenvalue weighted by molar-refractivity contribution is 4.75. The lowest BCUT2D eigenvalue weighted by Gasteiger charge is -2.34. The zero-order valence-electron chi connectivity index (χ0n) is 10.7. The first kappa shape index (κ1) is 13.2. The predicted molar refractivity (Wildman–Crippen MR) is 62.7 cm³/mol. The summed E-state index contributed by atoms with van der Waals surface area (Å²) in [5, 5.41) is 3.42. The summed E-state index contributed by atoms with van der Waals surface area (Å²) < 4.78 is 22.2. The maximum absolute atomic E-state index is 5.56. The molecular formula is C12H23NO4. The van der Waals surface area contributed by atoms with E-state index in [1.807, 2.05) is 0 Å². The van der Waals surface area contributed by atoms with Gasteiger partial charge in [-0.2, -0.15) is 0 Å². The van der Waals surface area contributed by atoms with Crippen molar-refractivity contribution in [2.45, 2.75) is 51.4 Å². The monoisotopic (exact) mass is 245 g/mol. The average molecular weight is 245 g/mol. The zero-order valence-corrected chi connectivity index (χ0v) is 10.7. The molecule has 0 aromatic rings. The number of hydrogen-bond donors (Lipinski definition) is 1. The summed E-state index contributed by atoms with van der Waals surface area (Å²) in [4.78, 5) is 0. The quantitative estimate of drug-likeness (QED) is 0.796. The molecule has 2 aliphatic rings. The summed E-state index contributed by atoms with van der Waals surface area (Å²) in [5.41, 5.74) is 0. The molecule has 0 radical (unpaired) electrons. The van der Waals surface area contributed by atoms with Crippen LogP contribution in [-0.4, -0.2) is 51.1 Å². The summed E-state index contributed by atoms with van der Waals surface area (Å²) in [7, 11) is 0. The van der Waals surface area contributed by atoms with Crippen LogP contribution >= 0.6 is 0 Å². The topological polar surface area (TPSA) is 49.0 Å². The first-order valence-electron chi connectivity index (χ1n) is 6.50. The molecule has 1 N–H and O–H groups in total. The normalized spacial score (nSPS) is 27.9. The third-order valence-electron chi connectivity index (χ3n) is 3.05. The van der Waals surface area contributed by atoms with Crippen molar-refractivity contribution in [1.82, 2.24) is 5.32 Å². The number of hydrogen-bond acceptors (Lipinski definition) is 5. The molecule has 2 aliphatic heterocycles. The van der Waals surface area contributed by atoms with Gasteiger partial charge in [0.1, 0.15) is 0 Å². The molecule has 2 atom stereocenters. The van der Waals surface area contributed by atoms with Gasteiger partial charge in [0.15, 0.2) is 12.6 Å². The largest absolute Gasteiger partial charge is 0.351 e. The molecule has 0 spiro atoms. The van der Waals surface area contributed by atoms with Crippen molar-refractivity contribution in [2.24, 2.45) is 0 Å². The molecule has 0 saturated carbocycles. The molecule has 5 heteroatoms. The van der Waals surface area contributed by atoms with E-state index < -0.39 is 0 Å². The highest BCUT2D eigenvalue weighted by Crippen LogP contribution is 2.13. The molecule has 2 heterocycles. The van der Waals surface area contributed by atoms with E-state index in [4.69, 9.17) is 18.9 Å². The molecule has 100 valence electrons. The van der Waals surface area contributed by atoms with E-state index in [1.54, 1.807) is 0 Å². The molecule has 0 bridgehead atoms. The fraction of sp³-hybridized carbons (Fsp3) is 1.00. The minimum Gasteiger partial charge on any atom is -0.351 e. The Hall–Kier alpha value is -0.200. The van der Waals surface area contributed by atoms with Gasteiger partial charge in [-0.15, -0.1) is 0 Å². The van der Waals surface area contributed by atoms with Crippen molar-refractivity contribution in [1.29, 1.82) is 0 Å². The number of ether oxygens (including phenoxy) is 4. The fourth-order valence-corrected chi connectivity index (χ4v) is 2.16. The average Bonchev–Trinajstić information content (AvgIpc) is 2.40. The SMILES string of the molecule is CC(NC(C)C1OCCCO1)C1OCCCO1. The van der Waals surface area contributed by atoms with Gasteiger partial charge < -0.3 is 24.3 Å². The standard InChI is InChI=1S/C12H23NO4/c1-9(11-14-5-3-6-15-11)13-10(2)12-16-7-4-8-17-12/h9-13H,3-8H2,1-2H3. The van der Waals surface area contributed by atoms with Crippen LogP contribution in [0.15, 0.2) is 0 Å². The van der Waals surface area contributed by atoms with Crippen LogP contribution in [0.25, 0.3) is 0 Å². The first-order chi connectivity index (χ1) is 8.27. The van der Waals surface area contributed by atoms with Crippen molar-refractivity contribution < 1.29 is 18.9 Å². The van der Waals surface area contributed by atoms with E-state index >= 15 is 0 Å². The minimum absolute atomic E-state index is 0.138. The van der Waals surface area contributed by atoms with Crippen LogP contribution in [0, 0.1) is 0 Å². The smallest absolute Gasteiger partial charge is 0.172 e. The van der Waals surface area contributed by atoms with Crippen molar-refractivity contribution in [3.8, 4) is 0 Å². The lowest BCUT2D eigenvalue weighted by Crippen LogP contribution is -2.52. The van der Waals surface area contributed by atoms with Gasteiger partial charge in [-0.05, 0) is 26.7 Å². The van der Waals surface area contributed by atoms with E-state index in [0.29, 0.717) is 0 Å². The summed E-state index contributed by atoms with van der Waals surface area (Å²) in [6, 6.07) is 0.277. The molecule has 0 amide bonds. The van der Waals surface area contributed by atoms with E-state index in [-0.39, 0.29) is 24.7 Å². The van der Waals surface area contributed by atoms with Gasteiger partial charge in [-0.3, -0.25) is 0 Å². The Labute approximate surface area is 103 Å². The van der Waals surface area contributed by atoms with Crippen molar-refractivity contribution in [3.63, 3.8) is 0 Å². The Morgan fingerprint density at radius 1 is 0.765 bits per heavy atom. The summed E-state index contributed by atoms with van der Waals surface area (Å²) in [5.74, 6) is 0. The second kappa shape index (κ2) is 6.66. The van der Waals surface area contributed by atoms with E-state index in [9.17, 15) is 0 Å². The summed E-state index contributed by atoms with van der Waals surface area (Å²) in [6.07, 6.45) is 1.64. The highest BCUT2D eigenvalue weighted by Gasteiger charge is 2.27. The molecule has 0 aromatic carbocycles. The molecule has 2 fully saturated rings. The fourth-order valence-electron chi connectivity index (χ4n) is 2.16. The van der Waals surface area contributed by atoms with E-state index in [2.05, 4.69) is 19.2 Å². The molecule has 0 aromatic heterocycles. The molecule has 17 heavy (non-hydrogen) atoms. The van der Waals surface area contributed by atoms with Gasteiger partial charge in [-0.1, -0.05) is 0 Å². The Kier molecular flexibility index (Phi) is 5.18. The third kappa shape index (κ3) is 3.89. The van der Waals surface area contributed by atoms with E-state index in [0.717, 1.165) is 39.3 Å². The third-order valence-corrected chi connectivity index (χ3v) is 3.05. The molecule has 2 rings (SSSR count). The van der Waals surface area contributed by atoms with Crippen LogP contribution in [0.5, 0.6) is 0 Å². The van der Waals surface area contributed by atoms with Gasteiger partial charge >= 0.3 is 0 Å². The van der Waals surface area contributed by atoms with Crippen LogP contribution in [0.3, 0.4) is 0 Å². The maximum Gasteiger partial charge on any atom is 0.172 e. The van der Waals surface area contributed by atoms with E-state index in [1.165, 1.54) is 0 Å². The predicted octanol–water partition coefficient (Wildman–Crippen LogP) is 0.879. The lowest BCUT2D eigenvalue weighted by atomic mass is 10.2. The number of rotatable bonds is 4. The Balaban J connectivity index is 1.74. The second-order valence-electron chi connectivity index (χ2n) is 4.67. The van der Waals surface area contributed by atoms with Gasteiger partial charge in [0, 0.05) is 0 Å². The second-order valence-corrected chi connectivity index (χ2v) is 4.67. The minimum atomic E-state index is -0.158. The summed E-state index contributed by atoms with van der Waals surface area (Å²) in [6.45, 7) is 7.25. The first-order valence-corrected chi connectivity index (χ1v) is 6.50. The zero-order chi connectivity index (χ0) is 12.1. The van der Waals surface area contributed by atoms with Gasteiger partial charge in [0.25, 0.3) is 0 Å². The Morgan fingerprint density at radius 3 is 1.47 bits per heavy atom. The van der Waals surface area contributed by atoms with Crippen LogP contribution in [0.2, 0.25) is 0 Å². The Bertz CT molecular complexity index is 193. The van der Waals surface area contributed by atoms with Crippen molar-refractivity contribution >= 4 is 0 Å². The maximum atomic E-state index is 5.56. The molecule has 5 nitrogen and oxygen atoms in total.